The molecule has 0 bridgehead atoms. The van der Waals surface area contributed by atoms with E-state index in [1.807, 2.05) is 6.07 Å². The molecule has 18 heavy (non-hydrogen) atoms. The Kier molecular flexibility index (Phi) is 3.44. The van der Waals surface area contributed by atoms with Gasteiger partial charge in [-0.2, -0.15) is 0 Å². The lowest BCUT2D eigenvalue weighted by Gasteiger charge is -2.48. The first kappa shape index (κ1) is 12.2. The molecule has 1 unspecified atom stereocenters. The number of piperazine rings is 1. The molecule has 3 heteroatoms. The van der Waals surface area contributed by atoms with Crippen LogP contribution in [-0.4, -0.2) is 29.6 Å². The fourth-order valence-electron chi connectivity index (χ4n) is 3.47. The Labute approximate surface area is 110 Å². The van der Waals surface area contributed by atoms with E-state index in [2.05, 4.69) is 23.2 Å². The van der Waals surface area contributed by atoms with E-state index in [4.69, 9.17) is 4.42 Å². The molecular formula is C15H24N2O. The van der Waals surface area contributed by atoms with Gasteiger partial charge in [-0.3, -0.25) is 4.90 Å². The molecule has 3 nitrogen and oxygen atoms in total. The summed E-state index contributed by atoms with van der Waals surface area (Å²) in [6, 6.07) is 4.67. The average Bonchev–Trinajstić information content (AvgIpc) is 2.88. The lowest BCUT2D eigenvalue weighted by atomic mass is 9.79. The highest BCUT2D eigenvalue weighted by atomic mass is 16.3. The van der Waals surface area contributed by atoms with Crippen molar-refractivity contribution in [1.29, 1.82) is 0 Å². The molecule has 1 atom stereocenters. The average molecular weight is 248 g/mol. The number of nitrogens with zero attached hydrogens (tertiary/aromatic N) is 1. The van der Waals surface area contributed by atoms with E-state index in [-0.39, 0.29) is 0 Å². The highest BCUT2D eigenvalue weighted by molar-refractivity contribution is 5.03. The summed E-state index contributed by atoms with van der Waals surface area (Å²) < 4.78 is 5.50. The van der Waals surface area contributed by atoms with Crippen molar-refractivity contribution < 1.29 is 4.42 Å². The zero-order valence-electron chi connectivity index (χ0n) is 11.3. The van der Waals surface area contributed by atoms with Gasteiger partial charge in [-0.15, -0.1) is 0 Å². The second kappa shape index (κ2) is 5.06. The minimum absolute atomic E-state index is 0.386. The first-order valence-corrected chi connectivity index (χ1v) is 7.29. The Bertz CT molecular complexity index is 368. The summed E-state index contributed by atoms with van der Waals surface area (Å²) in [5.74, 6) is 1.09. The van der Waals surface area contributed by atoms with Crippen molar-refractivity contribution in [2.24, 2.45) is 0 Å². The zero-order valence-corrected chi connectivity index (χ0v) is 11.3. The number of hydrogen-bond donors (Lipinski definition) is 1. The highest BCUT2D eigenvalue weighted by Crippen LogP contribution is 2.32. The third kappa shape index (κ3) is 2.47. The molecule has 1 N–H and O–H groups in total. The SMILES string of the molecule is CC1CNC2(CCCCC2)CN1Cc1ccco1. The number of nitrogens with one attached hydrogen (secondary N) is 1. The molecular weight excluding hydrogens is 224 g/mol. The predicted octanol–water partition coefficient (Wildman–Crippen LogP) is 2.78. The van der Waals surface area contributed by atoms with Crippen molar-refractivity contribution in [1.82, 2.24) is 10.2 Å². The van der Waals surface area contributed by atoms with E-state index < -0.39 is 0 Å². The van der Waals surface area contributed by atoms with Gasteiger partial charge in [0.25, 0.3) is 0 Å². The Morgan fingerprint density at radius 3 is 2.94 bits per heavy atom. The normalized spacial score (nSPS) is 28.6. The first-order chi connectivity index (χ1) is 8.77. The molecule has 1 aromatic rings. The van der Waals surface area contributed by atoms with E-state index in [1.165, 1.54) is 38.6 Å². The molecule has 0 radical (unpaired) electrons. The molecule has 1 saturated carbocycles. The Morgan fingerprint density at radius 1 is 1.39 bits per heavy atom. The standard InChI is InChI=1S/C15H24N2O/c1-13-10-16-15(7-3-2-4-8-15)12-17(13)11-14-6-5-9-18-14/h5-6,9,13,16H,2-4,7-8,10-12H2,1H3. The van der Waals surface area contributed by atoms with Crippen molar-refractivity contribution in [3.63, 3.8) is 0 Å². The Morgan fingerprint density at radius 2 is 2.22 bits per heavy atom. The molecule has 2 aliphatic rings. The molecule has 2 fully saturated rings. The van der Waals surface area contributed by atoms with Gasteiger partial charge in [0.05, 0.1) is 12.8 Å². The van der Waals surface area contributed by atoms with Crippen molar-refractivity contribution in [2.45, 2.75) is 57.2 Å². The van der Waals surface area contributed by atoms with E-state index >= 15 is 0 Å². The molecule has 1 aliphatic carbocycles. The minimum atomic E-state index is 0.386. The van der Waals surface area contributed by atoms with E-state index in [1.54, 1.807) is 6.26 Å². The van der Waals surface area contributed by atoms with Crippen LogP contribution in [0, 0.1) is 0 Å². The van der Waals surface area contributed by atoms with Crippen LogP contribution in [0.4, 0.5) is 0 Å². The summed E-state index contributed by atoms with van der Waals surface area (Å²) in [5.41, 5.74) is 0.386. The lowest BCUT2D eigenvalue weighted by molar-refractivity contribution is 0.0526. The van der Waals surface area contributed by atoms with Crippen LogP contribution >= 0.6 is 0 Å². The number of rotatable bonds is 2. The summed E-state index contributed by atoms with van der Waals surface area (Å²) in [4.78, 5) is 2.58. The molecule has 100 valence electrons. The monoisotopic (exact) mass is 248 g/mol. The van der Waals surface area contributed by atoms with Gasteiger partial charge in [0.1, 0.15) is 5.76 Å². The van der Waals surface area contributed by atoms with E-state index in [9.17, 15) is 0 Å². The quantitative estimate of drug-likeness (QED) is 0.872. The number of hydrogen-bond acceptors (Lipinski definition) is 3. The van der Waals surface area contributed by atoms with Gasteiger partial charge >= 0.3 is 0 Å². The maximum Gasteiger partial charge on any atom is 0.117 e. The van der Waals surface area contributed by atoms with Gasteiger partial charge in [0.15, 0.2) is 0 Å². The van der Waals surface area contributed by atoms with Crippen LogP contribution in [-0.2, 0) is 6.54 Å². The van der Waals surface area contributed by atoms with Gasteiger partial charge < -0.3 is 9.73 Å². The topological polar surface area (TPSA) is 28.4 Å². The molecule has 1 saturated heterocycles. The molecule has 1 aliphatic heterocycles. The van der Waals surface area contributed by atoms with Gasteiger partial charge in [0, 0.05) is 24.7 Å². The van der Waals surface area contributed by atoms with Crippen LogP contribution in [0.2, 0.25) is 0 Å². The summed E-state index contributed by atoms with van der Waals surface area (Å²) in [7, 11) is 0. The number of furan rings is 1. The molecule has 0 amide bonds. The van der Waals surface area contributed by atoms with Crippen LogP contribution in [0.25, 0.3) is 0 Å². The van der Waals surface area contributed by atoms with Crippen LogP contribution in [0.5, 0.6) is 0 Å². The smallest absolute Gasteiger partial charge is 0.117 e. The van der Waals surface area contributed by atoms with Crippen molar-refractivity contribution in [3.05, 3.63) is 24.2 Å². The summed E-state index contributed by atoms with van der Waals surface area (Å²) >= 11 is 0. The van der Waals surface area contributed by atoms with E-state index in [0.717, 1.165) is 18.8 Å². The molecule has 1 aromatic heterocycles. The maximum atomic E-state index is 5.50. The van der Waals surface area contributed by atoms with E-state index in [0.29, 0.717) is 11.6 Å². The third-order valence-corrected chi connectivity index (χ3v) is 4.65. The zero-order chi connectivity index (χ0) is 12.4. The molecule has 2 heterocycles. The fourth-order valence-corrected chi connectivity index (χ4v) is 3.47. The third-order valence-electron chi connectivity index (χ3n) is 4.65. The van der Waals surface area contributed by atoms with Crippen LogP contribution in [0.3, 0.4) is 0 Å². The summed E-state index contributed by atoms with van der Waals surface area (Å²) in [5, 5.41) is 3.82. The van der Waals surface area contributed by atoms with Gasteiger partial charge in [-0.05, 0) is 31.9 Å². The first-order valence-electron chi connectivity index (χ1n) is 7.29. The minimum Gasteiger partial charge on any atom is -0.468 e. The fraction of sp³-hybridized carbons (Fsp3) is 0.733. The largest absolute Gasteiger partial charge is 0.468 e. The molecule has 0 aromatic carbocycles. The Balaban J connectivity index is 1.68. The molecule has 3 rings (SSSR count). The summed E-state index contributed by atoms with van der Waals surface area (Å²) in [6.07, 6.45) is 8.64. The van der Waals surface area contributed by atoms with Crippen molar-refractivity contribution in [2.75, 3.05) is 13.1 Å². The van der Waals surface area contributed by atoms with Crippen molar-refractivity contribution in [3.8, 4) is 0 Å². The van der Waals surface area contributed by atoms with Gasteiger partial charge in [-0.25, -0.2) is 0 Å². The van der Waals surface area contributed by atoms with Crippen LogP contribution < -0.4 is 5.32 Å². The molecule has 1 spiro atoms. The predicted molar refractivity (Wildman–Crippen MR) is 72.4 cm³/mol. The van der Waals surface area contributed by atoms with Gasteiger partial charge in [-0.1, -0.05) is 19.3 Å². The van der Waals surface area contributed by atoms with Crippen LogP contribution in [0.1, 0.15) is 44.8 Å². The highest BCUT2D eigenvalue weighted by Gasteiger charge is 2.38. The lowest BCUT2D eigenvalue weighted by Crippen LogP contribution is -2.63. The Hall–Kier alpha value is -0.800. The second-order valence-electron chi connectivity index (χ2n) is 6.06. The van der Waals surface area contributed by atoms with Crippen LogP contribution in [0.15, 0.2) is 22.8 Å². The second-order valence-corrected chi connectivity index (χ2v) is 6.06. The maximum absolute atomic E-state index is 5.50. The summed E-state index contributed by atoms with van der Waals surface area (Å²) in [6.45, 7) is 5.55. The van der Waals surface area contributed by atoms with Crippen molar-refractivity contribution >= 4 is 0 Å². The van der Waals surface area contributed by atoms with Gasteiger partial charge in [0.2, 0.25) is 0 Å².